The van der Waals surface area contributed by atoms with Gasteiger partial charge in [-0.3, -0.25) is 4.79 Å². The molecule has 0 aliphatic heterocycles. The maximum atomic E-state index is 12.5. The number of hydrogen-bond donors (Lipinski definition) is 1. The Hall–Kier alpha value is -2.15. The average molecular weight is 407 g/mol. The van der Waals surface area contributed by atoms with Crippen LogP contribution in [0.5, 0.6) is 0 Å². The molecule has 0 heterocycles. The van der Waals surface area contributed by atoms with Crippen molar-refractivity contribution in [1.82, 2.24) is 9.62 Å². The van der Waals surface area contributed by atoms with Crippen molar-refractivity contribution in [2.75, 3.05) is 13.1 Å². The van der Waals surface area contributed by atoms with Crippen LogP contribution in [0.2, 0.25) is 5.02 Å². The highest BCUT2D eigenvalue weighted by Crippen LogP contribution is 2.17. The second-order valence-electron chi connectivity index (χ2n) is 5.80. The lowest BCUT2D eigenvalue weighted by molar-refractivity contribution is -0.116. The third kappa shape index (κ3) is 5.66. The maximum Gasteiger partial charge on any atom is 0.244 e. The van der Waals surface area contributed by atoms with Crippen LogP contribution in [-0.2, 0) is 21.4 Å². The highest BCUT2D eigenvalue weighted by Gasteiger charge is 2.20. The van der Waals surface area contributed by atoms with Gasteiger partial charge in [-0.1, -0.05) is 55.8 Å². The summed E-state index contributed by atoms with van der Waals surface area (Å²) in [5.41, 5.74) is 1.58. The van der Waals surface area contributed by atoms with Crippen LogP contribution in [0.4, 0.5) is 0 Å². The Labute approximate surface area is 165 Å². The summed E-state index contributed by atoms with van der Waals surface area (Å²) in [7, 11) is -3.48. The Morgan fingerprint density at radius 2 is 1.70 bits per heavy atom. The SMILES string of the molecule is CCN(CC)S(=O)(=O)c1ccc(/C=C/C(=O)NCc2ccccc2Cl)cc1. The van der Waals surface area contributed by atoms with E-state index in [1.165, 1.54) is 10.4 Å². The second-order valence-corrected chi connectivity index (χ2v) is 8.15. The topological polar surface area (TPSA) is 66.5 Å². The van der Waals surface area contributed by atoms with Crippen molar-refractivity contribution >= 4 is 33.6 Å². The zero-order valence-electron chi connectivity index (χ0n) is 15.4. The molecule has 144 valence electrons. The number of sulfonamides is 1. The quantitative estimate of drug-likeness (QED) is 0.679. The monoisotopic (exact) mass is 406 g/mol. The fourth-order valence-electron chi connectivity index (χ4n) is 2.52. The van der Waals surface area contributed by atoms with Crippen molar-refractivity contribution in [3.8, 4) is 0 Å². The summed E-state index contributed by atoms with van der Waals surface area (Å²) in [4.78, 5) is 12.2. The number of carbonyl (C=O) groups excluding carboxylic acids is 1. The fraction of sp³-hybridized carbons (Fsp3) is 0.250. The molecule has 0 saturated heterocycles. The van der Waals surface area contributed by atoms with Crippen LogP contribution in [-0.4, -0.2) is 31.7 Å². The molecule has 0 unspecified atom stereocenters. The Bertz CT molecular complexity index is 905. The van der Waals surface area contributed by atoms with Gasteiger partial charge < -0.3 is 5.32 Å². The lowest BCUT2D eigenvalue weighted by atomic mass is 10.2. The molecule has 27 heavy (non-hydrogen) atoms. The molecule has 1 N–H and O–H groups in total. The van der Waals surface area contributed by atoms with Crippen LogP contribution >= 0.6 is 11.6 Å². The molecule has 7 heteroatoms. The van der Waals surface area contributed by atoms with Crippen LogP contribution in [0.15, 0.2) is 59.5 Å². The van der Waals surface area contributed by atoms with E-state index in [1.807, 2.05) is 18.2 Å². The van der Waals surface area contributed by atoms with Gasteiger partial charge in [-0.2, -0.15) is 4.31 Å². The number of halogens is 1. The highest BCUT2D eigenvalue weighted by atomic mass is 35.5. The average Bonchev–Trinajstić information content (AvgIpc) is 2.67. The van der Waals surface area contributed by atoms with Gasteiger partial charge in [0.2, 0.25) is 15.9 Å². The Morgan fingerprint density at radius 3 is 2.30 bits per heavy atom. The Balaban J connectivity index is 1.99. The van der Waals surface area contributed by atoms with Crippen LogP contribution in [0.3, 0.4) is 0 Å². The van der Waals surface area contributed by atoms with Gasteiger partial charge in [0.15, 0.2) is 0 Å². The molecule has 5 nitrogen and oxygen atoms in total. The molecule has 2 aromatic carbocycles. The standard InChI is InChI=1S/C20H23ClN2O3S/c1-3-23(4-2)27(25,26)18-12-9-16(10-13-18)11-14-20(24)22-15-17-7-5-6-8-19(17)21/h5-14H,3-4,15H2,1-2H3,(H,22,24)/b14-11+. The molecule has 2 rings (SSSR count). The molecule has 0 atom stereocenters. The summed E-state index contributed by atoms with van der Waals surface area (Å²) in [6, 6.07) is 13.8. The first kappa shape index (κ1) is 21.2. The van der Waals surface area contributed by atoms with Gasteiger partial charge >= 0.3 is 0 Å². The summed E-state index contributed by atoms with van der Waals surface area (Å²) in [6.45, 7) is 4.79. The number of benzene rings is 2. The van der Waals surface area contributed by atoms with Crippen molar-refractivity contribution in [2.24, 2.45) is 0 Å². The first-order valence-corrected chi connectivity index (χ1v) is 10.5. The number of nitrogens with one attached hydrogen (secondary N) is 1. The molecule has 0 saturated carbocycles. The van der Waals surface area contributed by atoms with E-state index in [2.05, 4.69) is 5.32 Å². The number of hydrogen-bond acceptors (Lipinski definition) is 3. The summed E-state index contributed by atoms with van der Waals surface area (Å²) >= 11 is 6.05. The minimum atomic E-state index is -3.48. The van der Waals surface area contributed by atoms with Crippen LogP contribution in [0.1, 0.15) is 25.0 Å². The molecule has 0 aliphatic rings. The molecular formula is C20H23ClN2O3S. The normalized spacial score (nSPS) is 11.9. The van der Waals surface area contributed by atoms with Crippen molar-refractivity contribution in [3.63, 3.8) is 0 Å². The Morgan fingerprint density at radius 1 is 1.07 bits per heavy atom. The van der Waals surface area contributed by atoms with Crippen LogP contribution < -0.4 is 5.32 Å². The minimum Gasteiger partial charge on any atom is -0.348 e. The van der Waals surface area contributed by atoms with Gasteiger partial charge in [0.05, 0.1) is 4.90 Å². The van der Waals surface area contributed by atoms with Crippen molar-refractivity contribution in [1.29, 1.82) is 0 Å². The largest absolute Gasteiger partial charge is 0.348 e. The molecule has 0 aromatic heterocycles. The number of rotatable bonds is 8. The van der Waals surface area contributed by atoms with Gasteiger partial charge in [0.1, 0.15) is 0 Å². The highest BCUT2D eigenvalue weighted by molar-refractivity contribution is 7.89. The molecule has 0 aliphatic carbocycles. The first-order valence-electron chi connectivity index (χ1n) is 8.68. The van der Waals surface area contributed by atoms with E-state index in [4.69, 9.17) is 11.6 Å². The summed E-state index contributed by atoms with van der Waals surface area (Å²) in [5.74, 6) is -0.255. The minimum absolute atomic E-state index is 0.242. The zero-order valence-corrected chi connectivity index (χ0v) is 16.9. The maximum absolute atomic E-state index is 12.5. The summed E-state index contributed by atoms with van der Waals surface area (Å²) in [5, 5.41) is 3.37. The van der Waals surface area contributed by atoms with E-state index in [9.17, 15) is 13.2 Å². The van der Waals surface area contributed by atoms with Gasteiger partial charge in [-0.05, 0) is 35.4 Å². The van der Waals surface area contributed by atoms with Crippen LogP contribution in [0.25, 0.3) is 6.08 Å². The summed E-state index contributed by atoms with van der Waals surface area (Å²) in [6.07, 6.45) is 3.04. The lowest BCUT2D eigenvalue weighted by Crippen LogP contribution is -2.30. The molecule has 0 bridgehead atoms. The van der Waals surface area contributed by atoms with E-state index in [1.54, 1.807) is 50.3 Å². The third-order valence-electron chi connectivity index (χ3n) is 4.06. The summed E-state index contributed by atoms with van der Waals surface area (Å²) < 4.78 is 26.3. The molecule has 0 fully saturated rings. The van der Waals surface area contributed by atoms with E-state index >= 15 is 0 Å². The number of amides is 1. The Kier molecular flexibility index (Phi) is 7.59. The van der Waals surface area contributed by atoms with E-state index in [0.29, 0.717) is 24.7 Å². The van der Waals surface area contributed by atoms with E-state index < -0.39 is 10.0 Å². The van der Waals surface area contributed by atoms with E-state index in [-0.39, 0.29) is 10.8 Å². The molecule has 1 amide bonds. The van der Waals surface area contributed by atoms with Crippen LogP contribution in [0, 0.1) is 0 Å². The molecule has 0 radical (unpaired) electrons. The fourth-order valence-corrected chi connectivity index (χ4v) is 4.18. The van der Waals surface area contributed by atoms with Gasteiger partial charge in [0.25, 0.3) is 0 Å². The molecule has 2 aromatic rings. The van der Waals surface area contributed by atoms with Gasteiger partial charge in [0, 0.05) is 30.7 Å². The second kappa shape index (κ2) is 9.69. The van der Waals surface area contributed by atoms with Gasteiger partial charge in [-0.15, -0.1) is 0 Å². The van der Waals surface area contributed by atoms with Crippen molar-refractivity contribution in [2.45, 2.75) is 25.3 Å². The third-order valence-corrected chi connectivity index (χ3v) is 6.49. The zero-order chi connectivity index (χ0) is 19.9. The van der Waals surface area contributed by atoms with Gasteiger partial charge in [-0.25, -0.2) is 8.42 Å². The predicted molar refractivity (Wildman–Crippen MR) is 109 cm³/mol. The number of carbonyl (C=O) groups is 1. The smallest absolute Gasteiger partial charge is 0.244 e. The lowest BCUT2D eigenvalue weighted by Gasteiger charge is -2.18. The number of nitrogens with zero attached hydrogens (tertiary/aromatic N) is 1. The first-order chi connectivity index (χ1) is 12.9. The predicted octanol–water partition coefficient (Wildman–Crippen LogP) is 3.70. The van der Waals surface area contributed by atoms with Crippen molar-refractivity contribution < 1.29 is 13.2 Å². The van der Waals surface area contributed by atoms with E-state index in [0.717, 1.165) is 11.1 Å². The molecule has 0 spiro atoms. The molecular weight excluding hydrogens is 384 g/mol. The van der Waals surface area contributed by atoms with Crippen molar-refractivity contribution in [3.05, 3.63) is 70.8 Å².